The lowest BCUT2D eigenvalue weighted by atomic mass is 10.1. The third kappa shape index (κ3) is 2.56. The van der Waals surface area contributed by atoms with E-state index >= 15 is 0 Å². The molecule has 21 heavy (non-hydrogen) atoms. The Balaban J connectivity index is 1.92. The molecule has 0 unspecified atom stereocenters. The van der Waals surface area contributed by atoms with Gasteiger partial charge in [0.25, 0.3) is 5.91 Å². The highest BCUT2D eigenvalue weighted by molar-refractivity contribution is 7.17. The van der Waals surface area contributed by atoms with Gasteiger partial charge in [0.1, 0.15) is 5.00 Å². The summed E-state index contributed by atoms with van der Waals surface area (Å²) in [5.74, 6) is -1.50. The van der Waals surface area contributed by atoms with E-state index in [0.717, 1.165) is 35.3 Å². The highest BCUT2D eigenvalue weighted by Crippen LogP contribution is 2.38. The smallest absolute Gasteiger partial charge is 0.256 e. The number of amides is 1. The van der Waals surface area contributed by atoms with Crippen molar-refractivity contribution in [3.63, 3.8) is 0 Å². The number of carboxylic acids is 1. The SMILES string of the molecule is Cc1cccc(C(=O)Nc2sc3c(c2C(=O)[O-])CCC3)c1. The zero-order valence-corrected chi connectivity index (χ0v) is 12.4. The van der Waals surface area contributed by atoms with Gasteiger partial charge in [-0.15, -0.1) is 11.3 Å². The van der Waals surface area contributed by atoms with Gasteiger partial charge < -0.3 is 15.2 Å². The van der Waals surface area contributed by atoms with Gasteiger partial charge in [0.15, 0.2) is 0 Å². The Labute approximate surface area is 126 Å². The number of nitrogens with one attached hydrogen (secondary N) is 1. The number of benzene rings is 1. The molecule has 1 aromatic heterocycles. The van der Waals surface area contributed by atoms with Crippen LogP contribution in [0.5, 0.6) is 0 Å². The molecular formula is C16H14NO3S-. The number of aromatic carboxylic acids is 1. The minimum atomic E-state index is -1.21. The number of hydrogen-bond donors (Lipinski definition) is 1. The van der Waals surface area contributed by atoms with Crippen LogP contribution >= 0.6 is 11.3 Å². The van der Waals surface area contributed by atoms with Crippen molar-refractivity contribution in [2.75, 3.05) is 5.32 Å². The number of fused-ring (bicyclic) bond motifs is 1. The molecule has 0 aliphatic heterocycles. The van der Waals surface area contributed by atoms with Gasteiger partial charge in [-0.1, -0.05) is 17.7 Å². The molecule has 0 atom stereocenters. The molecule has 3 rings (SSSR count). The van der Waals surface area contributed by atoms with E-state index in [0.29, 0.717) is 10.6 Å². The molecule has 1 aromatic carbocycles. The minimum Gasteiger partial charge on any atom is -0.545 e. The lowest BCUT2D eigenvalue weighted by Crippen LogP contribution is -2.25. The third-order valence-electron chi connectivity index (χ3n) is 3.63. The summed E-state index contributed by atoms with van der Waals surface area (Å²) in [5.41, 5.74) is 2.50. The Morgan fingerprint density at radius 1 is 1.29 bits per heavy atom. The topological polar surface area (TPSA) is 69.2 Å². The van der Waals surface area contributed by atoms with Crippen molar-refractivity contribution in [3.05, 3.63) is 51.4 Å². The Morgan fingerprint density at radius 3 is 2.81 bits per heavy atom. The number of thiophene rings is 1. The first-order valence-electron chi connectivity index (χ1n) is 6.80. The maximum Gasteiger partial charge on any atom is 0.256 e. The average molecular weight is 300 g/mol. The summed E-state index contributed by atoms with van der Waals surface area (Å²) in [6.07, 6.45) is 2.59. The van der Waals surface area contributed by atoms with Gasteiger partial charge in [-0.05, 0) is 43.9 Å². The van der Waals surface area contributed by atoms with Crippen LogP contribution in [0.3, 0.4) is 0 Å². The minimum absolute atomic E-state index is 0.161. The summed E-state index contributed by atoms with van der Waals surface area (Å²) < 4.78 is 0. The number of hydrogen-bond acceptors (Lipinski definition) is 4. The van der Waals surface area contributed by atoms with Gasteiger partial charge in [0.2, 0.25) is 0 Å². The summed E-state index contributed by atoms with van der Waals surface area (Å²) in [7, 11) is 0. The molecule has 0 spiro atoms. The summed E-state index contributed by atoms with van der Waals surface area (Å²) in [6.45, 7) is 1.91. The van der Waals surface area contributed by atoms with Crippen molar-refractivity contribution in [3.8, 4) is 0 Å². The van der Waals surface area contributed by atoms with Crippen LogP contribution in [0.15, 0.2) is 24.3 Å². The van der Waals surface area contributed by atoms with Crippen molar-refractivity contribution in [2.45, 2.75) is 26.2 Å². The second-order valence-electron chi connectivity index (χ2n) is 5.17. The van der Waals surface area contributed by atoms with Crippen LogP contribution in [0, 0.1) is 6.92 Å². The van der Waals surface area contributed by atoms with Crippen molar-refractivity contribution < 1.29 is 14.7 Å². The van der Waals surface area contributed by atoms with Crippen LogP contribution in [-0.2, 0) is 12.8 Å². The van der Waals surface area contributed by atoms with Crippen molar-refractivity contribution in [1.29, 1.82) is 0 Å². The monoisotopic (exact) mass is 300 g/mol. The Hall–Kier alpha value is -2.14. The molecule has 2 aromatic rings. The quantitative estimate of drug-likeness (QED) is 0.944. The molecule has 1 aliphatic carbocycles. The summed E-state index contributed by atoms with van der Waals surface area (Å²) in [6, 6.07) is 7.19. The van der Waals surface area contributed by atoms with Crippen molar-refractivity contribution in [1.82, 2.24) is 0 Å². The number of anilines is 1. The van der Waals surface area contributed by atoms with Crippen LogP contribution < -0.4 is 10.4 Å². The lowest BCUT2D eigenvalue weighted by molar-refractivity contribution is -0.254. The highest BCUT2D eigenvalue weighted by Gasteiger charge is 2.23. The molecule has 0 radical (unpaired) electrons. The first kappa shape index (κ1) is 13.8. The standard InChI is InChI=1S/C16H15NO3S/c1-9-4-2-5-10(8-9)14(18)17-15-13(16(19)20)11-6-3-7-12(11)21-15/h2,4-5,8H,3,6-7H2,1H3,(H,17,18)(H,19,20)/p-1. The fraction of sp³-hybridized carbons (Fsp3) is 0.250. The van der Waals surface area contributed by atoms with Gasteiger partial charge in [-0.25, -0.2) is 0 Å². The molecule has 0 fully saturated rings. The largest absolute Gasteiger partial charge is 0.545 e. The summed E-state index contributed by atoms with van der Waals surface area (Å²) >= 11 is 1.35. The zero-order chi connectivity index (χ0) is 15.0. The molecular weight excluding hydrogens is 286 g/mol. The second-order valence-corrected chi connectivity index (χ2v) is 6.28. The summed E-state index contributed by atoms with van der Waals surface area (Å²) in [5, 5.41) is 14.5. The van der Waals surface area contributed by atoms with E-state index < -0.39 is 5.97 Å². The molecule has 5 heteroatoms. The maximum atomic E-state index is 12.3. The van der Waals surface area contributed by atoms with E-state index in [4.69, 9.17) is 0 Å². The molecule has 0 bridgehead atoms. The van der Waals surface area contributed by atoms with Crippen molar-refractivity contribution in [2.24, 2.45) is 0 Å². The van der Waals surface area contributed by atoms with Gasteiger partial charge >= 0.3 is 0 Å². The van der Waals surface area contributed by atoms with Crippen LogP contribution in [0.4, 0.5) is 5.00 Å². The number of carbonyl (C=O) groups is 2. The van der Waals surface area contributed by atoms with E-state index in [2.05, 4.69) is 5.32 Å². The number of carbonyl (C=O) groups excluding carboxylic acids is 2. The van der Waals surface area contributed by atoms with Gasteiger partial charge in [-0.2, -0.15) is 0 Å². The van der Waals surface area contributed by atoms with Gasteiger partial charge in [0.05, 0.1) is 5.97 Å². The molecule has 1 aliphatic rings. The van der Waals surface area contributed by atoms with E-state index in [9.17, 15) is 14.7 Å². The highest BCUT2D eigenvalue weighted by atomic mass is 32.1. The van der Waals surface area contributed by atoms with E-state index in [1.807, 2.05) is 13.0 Å². The molecule has 0 saturated carbocycles. The first-order valence-corrected chi connectivity index (χ1v) is 7.62. The predicted octanol–water partition coefficient (Wildman–Crippen LogP) is 2.16. The molecule has 1 N–H and O–H groups in total. The predicted molar refractivity (Wildman–Crippen MR) is 79.8 cm³/mol. The zero-order valence-electron chi connectivity index (χ0n) is 11.6. The van der Waals surface area contributed by atoms with Crippen LogP contribution in [0.25, 0.3) is 0 Å². The number of carboxylic acid groups (broad SMARTS) is 1. The van der Waals surface area contributed by atoms with Crippen molar-refractivity contribution >= 4 is 28.2 Å². The normalized spacial score (nSPS) is 13.0. The summed E-state index contributed by atoms with van der Waals surface area (Å²) in [4.78, 5) is 24.7. The van der Waals surface area contributed by atoms with Gasteiger partial charge in [-0.3, -0.25) is 4.79 Å². The Kier molecular flexibility index (Phi) is 3.51. The van der Waals surface area contributed by atoms with E-state index in [1.165, 1.54) is 11.3 Å². The Morgan fingerprint density at radius 2 is 2.10 bits per heavy atom. The van der Waals surface area contributed by atoms with Crippen LogP contribution in [-0.4, -0.2) is 11.9 Å². The lowest BCUT2D eigenvalue weighted by Gasteiger charge is -2.09. The molecule has 1 amide bonds. The average Bonchev–Trinajstić information content (AvgIpc) is 2.98. The fourth-order valence-corrected chi connectivity index (χ4v) is 3.94. The second kappa shape index (κ2) is 5.33. The fourth-order valence-electron chi connectivity index (χ4n) is 2.67. The van der Waals surface area contributed by atoms with Gasteiger partial charge in [0, 0.05) is 16.0 Å². The first-order chi connectivity index (χ1) is 10.1. The third-order valence-corrected chi connectivity index (χ3v) is 4.84. The molecule has 0 saturated heterocycles. The molecule has 1 heterocycles. The van der Waals surface area contributed by atoms with Crippen LogP contribution in [0.1, 0.15) is 43.1 Å². The van der Waals surface area contributed by atoms with Crippen LogP contribution in [0.2, 0.25) is 0 Å². The Bertz CT molecular complexity index is 733. The number of rotatable bonds is 3. The molecule has 108 valence electrons. The van der Waals surface area contributed by atoms with E-state index in [-0.39, 0.29) is 11.5 Å². The maximum absolute atomic E-state index is 12.3. The number of aryl methyl sites for hydroxylation is 2. The molecule has 4 nitrogen and oxygen atoms in total. The van der Waals surface area contributed by atoms with E-state index in [1.54, 1.807) is 18.2 Å².